The molecule has 1 saturated heterocycles. The van der Waals surface area contributed by atoms with Crippen molar-refractivity contribution in [2.24, 2.45) is 5.73 Å². The van der Waals surface area contributed by atoms with Crippen molar-refractivity contribution in [3.05, 3.63) is 0 Å². The average Bonchev–Trinajstić information content (AvgIpc) is 2.21. The lowest BCUT2D eigenvalue weighted by Gasteiger charge is -2.42. The van der Waals surface area contributed by atoms with Crippen molar-refractivity contribution in [2.75, 3.05) is 32.9 Å². The molecule has 1 atom stereocenters. The Morgan fingerprint density at radius 2 is 2.31 bits per heavy atom. The molecule has 2 N–H and O–H groups in total. The van der Waals surface area contributed by atoms with Crippen LogP contribution in [0.2, 0.25) is 0 Å². The highest BCUT2D eigenvalue weighted by atomic mass is 16.5. The van der Waals surface area contributed by atoms with Crippen LogP contribution in [0.1, 0.15) is 20.8 Å². The maximum Gasteiger partial charge on any atom is 0.324 e. The monoisotopic (exact) mass is 230 g/mol. The fraction of sp³-hybridized carbons (Fsp3) is 0.909. The zero-order chi connectivity index (χ0) is 12.2. The number of rotatable bonds is 4. The average molecular weight is 230 g/mol. The van der Waals surface area contributed by atoms with Crippen molar-refractivity contribution in [3.8, 4) is 0 Å². The number of carbonyl (C=O) groups is 1. The van der Waals surface area contributed by atoms with E-state index in [0.29, 0.717) is 26.4 Å². The summed E-state index contributed by atoms with van der Waals surface area (Å²) in [4.78, 5) is 13.6. The summed E-state index contributed by atoms with van der Waals surface area (Å²) in [5.74, 6) is -0.329. The first kappa shape index (κ1) is 13.4. The van der Waals surface area contributed by atoms with Gasteiger partial charge in [0.05, 0.1) is 19.8 Å². The van der Waals surface area contributed by atoms with Crippen molar-refractivity contribution >= 4 is 5.97 Å². The van der Waals surface area contributed by atoms with Crippen LogP contribution in [0, 0.1) is 0 Å². The van der Waals surface area contributed by atoms with E-state index in [1.165, 1.54) is 0 Å². The van der Waals surface area contributed by atoms with Crippen molar-refractivity contribution in [2.45, 2.75) is 32.4 Å². The Hall–Kier alpha value is -0.650. The van der Waals surface area contributed by atoms with Crippen molar-refractivity contribution in [3.63, 3.8) is 0 Å². The standard InChI is InChI=1S/C11H22N2O3/c1-4-16-10(14)9(12)7-13-5-6-15-8-11(13,2)3/h9H,4-8,12H2,1-3H3. The number of ether oxygens (including phenoxy) is 2. The molecule has 0 aromatic carbocycles. The van der Waals surface area contributed by atoms with Crippen molar-refractivity contribution < 1.29 is 14.3 Å². The Balaban J connectivity index is 2.48. The molecule has 5 heteroatoms. The van der Waals surface area contributed by atoms with Crippen LogP contribution in [0.5, 0.6) is 0 Å². The molecule has 1 fully saturated rings. The Morgan fingerprint density at radius 1 is 1.62 bits per heavy atom. The first-order chi connectivity index (χ1) is 7.47. The van der Waals surface area contributed by atoms with E-state index >= 15 is 0 Å². The van der Waals surface area contributed by atoms with E-state index in [4.69, 9.17) is 15.2 Å². The van der Waals surface area contributed by atoms with Gasteiger partial charge in [-0.05, 0) is 20.8 Å². The molecular formula is C11H22N2O3. The summed E-state index contributed by atoms with van der Waals surface area (Å²) < 4.78 is 10.3. The second-order valence-corrected chi connectivity index (χ2v) is 4.67. The molecule has 0 aromatic heterocycles. The van der Waals surface area contributed by atoms with Gasteiger partial charge in [0.15, 0.2) is 0 Å². The van der Waals surface area contributed by atoms with Crippen LogP contribution in [0.4, 0.5) is 0 Å². The normalized spacial score (nSPS) is 22.8. The van der Waals surface area contributed by atoms with Crippen LogP contribution in [-0.4, -0.2) is 55.4 Å². The third-order valence-corrected chi connectivity index (χ3v) is 2.82. The lowest BCUT2D eigenvalue weighted by molar-refractivity contribution is -0.146. The van der Waals surface area contributed by atoms with E-state index in [9.17, 15) is 4.79 Å². The SMILES string of the molecule is CCOC(=O)C(N)CN1CCOCC1(C)C. The van der Waals surface area contributed by atoms with E-state index in [1.807, 2.05) is 0 Å². The van der Waals surface area contributed by atoms with Gasteiger partial charge >= 0.3 is 5.97 Å². The molecule has 1 aliphatic heterocycles. The van der Waals surface area contributed by atoms with Crippen molar-refractivity contribution in [1.82, 2.24) is 4.90 Å². The molecule has 1 unspecified atom stereocenters. The summed E-state index contributed by atoms with van der Waals surface area (Å²) in [5.41, 5.74) is 5.73. The summed E-state index contributed by atoms with van der Waals surface area (Å²) in [6.45, 7) is 9.02. The zero-order valence-electron chi connectivity index (χ0n) is 10.4. The van der Waals surface area contributed by atoms with Gasteiger partial charge in [0.1, 0.15) is 6.04 Å². The fourth-order valence-corrected chi connectivity index (χ4v) is 1.79. The molecule has 0 saturated carbocycles. The predicted molar refractivity (Wildman–Crippen MR) is 61.1 cm³/mol. The van der Waals surface area contributed by atoms with Gasteiger partial charge in [-0.15, -0.1) is 0 Å². The third kappa shape index (κ3) is 3.43. The highest BCUT2D eigenvalue weighted by Crippen LogP contribution is 2.18. The van der Waals surface area contributed by atoms with Crippen LogP contribution >= 0.6 is 0 Å². The molecule has 0 spiro atoms. The maximum absolute atomic E-state index is 11.4. The highest BCUT2D eigenvalue weighted by Gasteiger charge is 2.32. The minimum atomic E-state index is -0.572. The summed E-state index contributed by atoms with van der Waals surface area (Å²) in [5, 5.41) is 0. The molecule has 0 bridgehead atoms. The maximum atomic E-state index is 11.4. The molecule has 5 nitrogen and oxygen atoms in total. The molecule has 1 aliphatic rings. The van der Waals surface area contributed by atoms with Gasteiger partial charge in [0.25, 0.3) is 0 Å². The quantitative estimate of drug-likeness (QED) is 0.688. The lowest BCUT2D eigenvalue weighted by atomic mass is 10.0. The Kier molecular flexibility index (Phi) is 4.70. The first-order valence-corrected chi connectivity index (χ1v) is 5.72. The van der Waals surface area contributed by atoms with E-state index in [0.717, 1.165) is 6.54 Å². The predicted octanol–water partition coefficient (Wildman–Crippen LogP) is -0.0124. The topological polar surface area (TPSA) is 64.8 Å². The minimum Gasteiger partial charge on any atom is -0.465 e. The molecule has 1 rings (SSSR count). The van der Waals surface area contributed by atoms with Gasteiger partial charge in [0, 0.05) is 18.6 Å². The number of nitrogens with two attached hydrogens (primary N) is 1. The number of esters is 1. The van der Waals surface area contributed by atoms with Gasteiger partial charge in [-0.25, -0.2) is 0 Å². The number of nitrogens with zero attached hydrogens (tertiary/aromatic N) is 1. The second kappa shape index (κ2) is 5.61. The number of hydrogen-bond donors (Lipinski definition) is 1. The second-order valence-electron chi connectivity index (χ2n) is 4.67. The van der Waals surface area contributed by atoms with Crippen molar-refractivity contribution in [1.29, 1.82) is 0 Å². The Labute approximate surface area is 96.9 Å². The molecular weight excluding hydrogens is 208 g/mol. The number of morpholine rings is 1. The lowest BCUT2D eigenvalue weighted by Crippen LogP contribution is -2.57. The van der Waals surface area contributed by atoms with Gasteiger partial charge in [-0.2, -0.15) is 0 Å². The van der Waals surface area contributed by atoms with E-state index in [-0.39, 0.29) is 11.5 Å². The Morgan fingerprint density at radius 3 is 2.88 bits per heavy atom. The summed E-state index contributed by atoms with van der Waals surface area (Å²) in [6, 6.07) is -0.572. The first-order valence-electron chi connectivity index (χ1n) is 5.72. The fourth-order valence-electron chi connectivity index (χ4n) is 1.79. The van der Waals surface area contributed by atoms with Crippen LogP contribution in [-0.2, 0) is 14.3 Å². The van der Waals surface area contributed by atoms with Gasteiger partial charge in [0.2, 0.25) is 0 Å². The third-order valence-electron chi connectivity index (χ3n) is 2.82. The largest absolute Gasteiger partial charge is 0.465 e. The molecule has 0 aliphatic carbocycles. The highest BCUT2D eigenvalue weighted by molar-refractivity contribution is 5.75. The number of carbonyl (C=O) groups excluding carboxylic acids is 1. The summed E-state index contributed by atoms with van der Waals surface area (Å²) in [6.07, 6.45) is 0. The van der Waals surface area contributed by atoms with Crippen LogP contribution in [0.15, 0.2) is 0 Å². The molecule has 0 aromatic rings. The zero-order valence-corrected chi connectivity index (χ0v) is 10.4. The van der Waals surface area contributed by atoms with Crippen LogP contribution in [0.25, 0.3) is 0 Å². The number of hydrogen-bond acceptors (Lipinski definition) is 5. The van der Waals surface area contributed by atoms with E-state index in [2.05, 4.69) is 18.7 Å². The minimum absolute atomic E-state index is 0.0671. The van der Waals surface area contributed by atoms with Gasteiger partial charge in [-0.1, -0.05) is 0 Å². The molecule has 16 heavy (non-hydrogen) atoms. The smallest absolute Gasteiger partial charge is 0.324 e. The van der Waals surface area contributed by atoms with Gasteiger partial charge in [-0.3, -0.25) is 9.69 Å². The van der Waals surface area contributed by atoms with E-state index < -0.39 is 6.04 Å². The summed E-state index contributed by atoms with van der Waals surface area (Å²) >= 11 is 0. The van der Waals surface area contributed by atoms with Crippen LogP contribution < -0.4 is 5.73 Å². The van der Waals surface area contributed by atoms with Crippen LogP contribution in [0.3, 0.4) is 0 Å². The Bertz CT molecular complexity index is 243. The summed E-state index contributed by atoms with van der Waals surface area (Å²) in [7, 11) is 0. The molecule has 0 amide bonds. The van der Waals surface area contributed by atoms with Gasteiger partial charge < -0.3 is 15.2 Å². The molecule has 1 heterocycles. The molecule has 0 radical (unpaired) electrons. The van der Waals surface area contributed by atoms with E-state index in [1.54, 1.807) is 6.92 Å². The molecule has 94 valence electrons.